The Kier molecular flexibility index (Phi) is 7.85. The van der Waals surface area contributed by atoms with Crippen LogP contribution < -0.4 is 5.32 Å². The van der Waals surface area contributed by atoms with Gasteiger partial charge in [-0.2, -0.15) is 26.3 Å². The molecule has 0 heterocycles. The number of carbonyl (C=O) groups excluding carboxylic acids is 1. The Hall–Kier alpha value is -2.59. The van der Waals surface area contributed by atoms with E-state index in [9.17, 15) is 31.1 Å². The topological polar surface area (TPSA) is 47.6 Å². The fraction of sp³-hybridized carbons (Fsp3) is 0.350. The minimum Gasteiger partial charge on any atom is -0.468 e. The fourth-order valence-electron chi connectivity index (χ4n) is 2.67. The lowest BCUT2D eigenvalue weighted by atomic mass is 10.0. The van der Waals surface area contributed by atoms with Gasteiger partial charge >= 0.3 is 18.3 Å². The van der Waals surface area contributed by atoms with Crippen molar-refractivity contribution < 1.29 is 40.6 Å². The van der Waals surface area contributed by atoms with E-state index in [0.29, 0.717) is 11.6 Å². The largest absolute Gasteiger partial charge is 0.468 e. The molecule has 0 aliphatic heterocycles. The van der Waals surface area contributed by atoms with Gasteiger partial charge in [-0.25, -0.2) is 0 Å². The second-order valence-electron chi connectivity index (χ2n) is 6.30. The predicted molar refractivity (Wildman–Crippen MR) is 95.3 cm³/mol. The van der Waals surface area contributed by atoms with E-state index in [4.69, 9.17) is 4.74 Å². The molecule has 0 bridgehead atoms. The zero-order valence-corrected chi connectivity index (χ0v) is 15.8. The molecular formula is C20H19F6NO3. The highest BCUT2D eigenvalue weighted by Gasteiger charge is 2.38. The number of carbonyl (C=O) groups is 1. The van der Waals surface area contributed by atoms with Gasteiger partial charge in [-0.3, -0.25) is 10.1 Å². The maximum Gasteiger partial charge on any atom is 0.416 e. The molecule has 0 unspecified atom stereocenters. The third-order valence-corrected chi connectivity index (χ3v) is 4.21. The summed E-state index contributed by atoms with van der Waals surface area (Å²) in [6, 6.07) is 9.56. The number of benzene rings is 2. The van der Waals surface area contributed by atoms with Crippen LogP contribution >= 0.6 is 0 Å². The number of rotatable bonds is 8. The zero-order valence-electron chi connectivity index (χ0n) is 15.8. The molecule has 0 saturated carbocycles. The number of alkyl halides is 6. The van der Waals surface area contributed by atoms with Gasteiger partial charge in [0.15, 0.2) is 0 Å². The van der Waals surface area contributed by atoms with Crippen LogP contribution in [0.25, 0.3) is 0 Å². The highest BCUT2D eigenvalue weighted by atomic mass is 19.4. The van der Waals surface area contributed by atoms with Gasteiger partial charge in [0.05, 0.1) is 44.0 Å². The Morgan fingerprint density at radius 1 is 1.00 bits per heavy atom. The first kappa shape index (κ1) is 23.7. The Bertz CT molecular complexity index is 837. The normalized spacial score (nSPS) is 13.2. The van der Waals surface area contributed by atoms with Gasteiger partial charge in [0.25, 0.3) is 0 Å². The Morgan fingerprint density at radius 2 is 1.67 bits per heavy atom. The van der Waals surface area contributed by atoms with Crippen molar-refractivity contribution in [2.75, 3.05) is 20.3 Å². The van der Waals surface area contributed by atoms with Crippen molar-refractivity contribution in [2.24, 2.45) is 0 Å². The minimum atomic E-state index is -4.97. The Labute approximate surface area is 168 Å². The minimum absolute atomic E-state index is 0.0723. The van der Waals surface area contributed by atoms with Gasteiger partial charge < -0.3 is 9.47 Å². The standard InChI is InChI=1S/C20H19F6NO3/c1-29-18(28)10-27-17(13-5-3-2-4-6-13)12-30-11-14-7-8-15(19(21,22)23)9-16(14)20(24,25)26/h2-9,17,27H,10-12H2,1H3/t17-/m1/s1. The molecule has 164 valence electrons. The van der Waals surface area contributed by atoms with Gasteiger partial charge in [0.2, 0.25) is 0 Å². The maximum absolute atomic E-state index is 13.2. The van der Waals surface area contributed by atoms with E-state index in [1.807, 2.05) is 0 Å². The molecule has 2 rings (SSSR count). The van der Waals surface area contributed by atoms with E-state index in [1.54, 1.807) is 30.3 Å². The lowest BCUT2D eigenvalue weighted by Crippen LogP contribution is -2.31. The molecule has 0 aromatic heterocycles. The molecule has 10 heteroatoms. The average molecular weight is 435 g/mol. The summed E-state index contributed by atoms with van der Waals surface area (Å²) in [5.74, 6) is -0.543. The third kappa shape index (κ3) is 6.74. The van der Waals surface area contributed by atoms with Crippen molar-refractivity contribution in [2.45, 2.75) is 25.0 Å². The number of esters is 1. The number of nitrogens with one attached hydrogen (secondary N) is 1. The van der Waals surface area contributed by atoms with Gasteiger partial charge in [-0.1, -0.05) is 36.4 Å². The van der Waals surface area contributed by atoms with E-state index in [0.717, 1.165) is 6.07 Å². The first-order chi connectivity index (χ1) is 14.0. The molecule has 4 nitrogen and oxygen atoms in total. The quantitative estimate of drug-likeness (QED) is 0.481. The van der Waals surface area contributed by atoms with E-state index < -0.39 is 47.7 Å². The molecule has 0 aliphatic carbocycles. The van der Waals surface area contributed by atoms with Gasteiger partial charge in [-0.15, -0.1) is 0 Å². The zero-order chi connectivity index (χ0) is 22.4. The number of hydrogen-bond donors (Lipinski definition) is 1. The molecule has 0 fully saturated rings. The highest BCUT2D eigenvalue weighted by Crippen LogP contribution is 2.37. The summed E-state index contributed by atoms with van der Waals surface area (Å²) in [5.41, 5.74) is -2.50. The maximum atomic E-state index is 13.2. The van der Waals surface area contributed by atoms with Crippen LogP contribution in [0.1, 0.15) is 28.3 Å². The van der Waals surface area contributed by atoms with Crippen LogP contribution in [0.5, 0.6) is 0 Å². The molecule has 1 atom stereocenters. The van der Waals surface area contributed by atoms with Crippen molar-refractivity contribution in [1.82, 2.24) is 5.32 Å². The van der Waals surface area contributed by atoms with Crippen molar-refractivity contribution in [3.05, 3.63) is 70.8 Å². The summed E-state index contributed by atoms with van der Waals surface area (Å²) in [7, 11) is 1.21. The van der Waals surface area contributed by atoms with Crippen LogP contribution in [0.15, 0.2) is 48.5 Å². The summed E-state index contributed by atoms with van der Waals surface area (Å²) in [5, 5.41) is 2.88. The number of hydrogen-bond acceptors (Lipinski definition) is 4. The smallest absolute Gasteiger partial charge is 0.416 e. The Morgan fingerprint density at radius 3 is 2.23 bits per heavy atom. The van der Waals surface area contributed by atoms with Crippen LogP contribution in [0.3, 0.4) is 0 Å². The molecule has 0 aliphatic rings. The lowest BCUT2D eigenvalue weighted by molar-refractivity contribution is -0.144. The number of ether oxygens (including phenoxy) is 2. The SMILES string of the molecule is COC(=O)CN[C@H](COCc1ccc(C(F)(F)F)cc1C(F)(F)F)c1ccccc1. The monoisotopic (exact) mass is 435 g/mol. The van der Waals surface area contributed by atoms with Crippen molar-refractivity contribution in [1.29, 1.82) is 0 Å². The Balaban J connectivity index is 2.14. The summed E-state index contributed by atoms with van der Waals surface area (Å²) < 4.78 is 87.9. The molecule has 0 saturated heterocycles. The van der Waals surface area contributed by atoms with E-state index in [-0.39, 0.29) is 19.2 Å². The molecule has 2 aromatic carbocycles. The van der Waals surface area contributed by atoms with Crippen LogP contribution in [-0.2, 0) is 33.2 Å². The molecule has 1 N–H and O–H groups in total. The molecule has 30 heavy (non-hydrogen) atoms. The number of halogens is 6. The van der Waals surface area contributed by atoms with Crippen LogP contribution in [0, 0.1) is 0 Å². The molecule has 0 radical (unpaired) electrons. The summed E-state index contributed by atoms with van der Waals surface area (Å²) in [6.45, 7) is -0.844. The highest BCUT2D eigenvalue weighted by molar-refractivity contribution is 5.71. The van der Waals surface area contributed by atoms with Crippen molar-refractivity contribution >= 4 is 5.97 Å². The average Bonchev–Trinajstić information content (AvgIpc) is 2.69. The second-order valence-corrected chi connectivity index (χ2v) is 6.30. The summed E-state index contributed by atoms with van der Waals surface area (Å²) >= 11 is 0. The van der Waals surface area contributed by atoms with Gasteiger partial charge in [-0.05, 0) is 23.3 Å². The van der Waals surface area contributed by atoms with Crippen molar-refractivity contribution in [3.63, 3.8) is 0 Å². The predicted octanol–water partition coefficient (Wildman–Crippen LogP) is 4.74. The fourth-order valence-corrected chi connectivity index (χ4v) is 2.67. The second kappa shape index (κ2) is 9.94. The van der Waals surface area contributed by atoms with E-state index in [2.05, 4.69) is 10.1 Å². The first-order valence-corrected chi connectivity index (χ1v) is 8.72. The van der Waals surface area contributed by atoms with E-state index >= 15 is 0 Å². The summed E-state index contributed by atoms with van der Waals surface area (Å²) in [4.78, 5) is 11.4. The molecular weight excluding hydrogens is 416 g/mol. The van der Waals surface area contributed by atoms with Gasteiger partial charge in [0.1, 0.15) is 0 Å². The first-order valence-electron chi connectivity index (χ1n) is 8.72. The van der Waals surface area contributed by atoms with Crippen molar-refractivity contribution in [3.8, 4) is 0 Å². The molecule has 0 spiro atoms. The van der Waals surface area contributed by atoms with Crippen LogP contribution in [0.2, 0.25) is 0 Å². The van der Waals surface area contributed by atoms with E-state index in [1.165, 1.54) is 7.11 Å². The number of methoxy groups -OCH3 is 1. The lowest BCUT2D eigenvalue weighted by Gasteiger charge is -2.20. The third-order valence-electron chi connectivity index (χ3n) is 4.21. The van der Waals surface area contributed by atoms with Crippen LogP contribution in [0.4, 0.5) is 26.3 Å². The molecule has 0 amide bonds. The van der Waals surface area contributed by atoms with Crippen LogP contribution in [-0.4, -0.2) is 26.2 Å². The summed E-state index contributed by atoms with van der Waals surface area (Å²) in [6.07, 6.45) is -9.86. The van der Waals surface area contributed by atoms with Gasteiger partial charge in [0, 0.05) is 0 Å². The molecule has 2 aromatic rings.